The zero-order valence-electron chi connectivity index (χ0n) is 10.9. The standard InChI is InChI=1S/C12H22N2OS/c1-6-12(8-15-5,13-7-2)11-14-9(3)10(4)16-11/h13H,6-8H2,1-5H3. The first-order valence-electron chi connectivity index (χ1n) is 5.78. The first kappa shape index (κ1) is 13.6. The Bertz CT molecular complexity index is 310. The van der Waals surface area contributed by atoms with Gasteiger partial charge in [-0.25, -0.2) is 4.98 Å². The van der Waals surface area contributed by atoms with E-state index in [0.717, 1.165) is 23.7 Å². The highest BCUT2D eigenvalue weighted by molar-refractivity contribution is 7.11. The van der Waals surface area contributed by atoms with Crippen molar-refractivity contribution in [2.45, 2.75) is 39.7 Å². The van der Waals surface area contributed by atoms with Crippen molar-refractivity contribution in [1.82, 2.24) is 10.3 Å². The van der Waals surface area contributed by atoms with Crippen LogP contribution in [0, 0.1) is 13.8 Å². The second kappa shape index (κ2) is 5.75. The maximum atomic E-state index is 5.36. The van der Waals surface area contributed by atoms with Gasteiger partial charge in [-0.05, 0) is 26.8 Å². The van der Waals surface area contributed by atoms with Gasteiger partial charge in [-0.15, -0.1) is 11.3 Å². The molecule has 0 aliphatic rings. The van der Waals surface area contributed by atoms with Crippen molar-refractivity contribution in [3.8, 4) is 0 Å². The molecular weight excluding hydrogens is 220 g/mol. The average molecular weight is 242 g/mol. The van der Waals surface area contributed by atoms with Gasteiger partial charge >= 0.3 is 0 Å². The van der Waals surface area contributed by atoms with E-state index in [0.29, 0.717) is 6.61 Å². The summed E-state index contributed by atoms with van der Waals surface area (Å²) in [5.74, 6) is 0. The van der Waals surface area contributed by atoms with Gasteiger partial charge in [0.2, 0.25) is 0 Å². The van der Waals surface area contributed by atoms with E-state index in [-0.39, 0.29) is 5.54 Å². The first-order chi connectivity index (χ1) is 7.59. The third-order valence-corrected chi connectivity index (χ3v) is 4.22. The minimum atomic E-state index is -0.118. The summed E-state index contributed by atoms with van der Waals surface area (Å²) >= 11 is 1.77. The third kappa shape index (κ3) is 2.62. The Balaban J connectivity index is 3.07. The number of nitrogens with zero attached hydrogens (tertiary/aromatic N) is 1. The Morgan fingerprint density at radius 2 is 2.06 bits per heavy atom. The molecule has 0 bridgehead atoms. The van der Waals surface area contributed by atoms with Crippen LogP contribution in [-0.2, 0) is 10.3 Å². The van der Waals surface area contributed by atoms with Crippen molar-refractivity contribution < 1.29 is 4.74 Å². The summed E-state index contributed by atoms with van der Waals surface area (Å²) in [5.41, 5.74) is 1.01. The molecule has 0 aliphatic heterocycles. The number of nitrogens with one attached hydrogen (secondary N) is 1. The summed E-state index contributed by atoms with van der Waals surface area (Å²) < 4.78 is 5.36. The Labute approximate surface area is 102 Å². The lowest BCUT2D eigenvalue weighted by atomic mass is 9.98. The predicted octanol–water partition coefficient (Wildman–Crippen LogP) is 2.62. The van der Waals surface area contributed by atoms with Crippen LogP contribution in [-0.4, -0.2) is 25.2 Å². The quantitative estimate of drug-likeness (QED) is 0.832. The van der Waals surface area contributed by atoms with Crippen LogP contribution in [0.15, 0.2) is 0 Å². The summed E-state index contributed by atoms with van der Waals surface area (Å²) in [7, 11) is 1.75. The molecule has 1 aromatic rings. The minimum Gasteiger partial charge on any atom is -0.382 e. The number of ether oxygens (including phenoxy) is 1. The van der Waals surface area contributed by atoms with Gasteiger partial charge in [0.15, 0.2) is 0 Å². The van der Waals surface area contributed by atoms with E-state index in [1.54, 1.807) is 18.4 Å². The number of methoxy groups -OCH3 is 1. The highest BCUT2D eigenvalue weighted by atomic mass is 32.1. The summed E-state index contributed by atoms with van der Waals surface area (Å²) in [6, 6.07) is 0. The summed E-state index contributed by atoms with van der Waals surface area (Å²) in [5, 5.41) is 4.67. The van der Waals surface area contributed by atoms with Gasteiger partial charge < -0.3 is 10.1 Å². The molecule has 4 heteroatoms. The van der Waals surface area contributed by atoms with Crippen LogP contribution in [0.1, 0.15) is 35.8 Å². The van der Waals surface area contributed by atoms with Gasteiger partial charge in [0.25, 0.3) is 0 Å². The second-order valence-corrected chi connectivity index (χ2v) is 5.26. The zero-order chi connectivity index (χ0) is 12.2. The lowest BCUT2D eigenvalue weighted by Gasteiger charge is -2.30. The average Bonchev–Trinajstić information content (AvgIpc) is 2.59. The summed E-state index contributed by atoms with van der Waals surface area (Å²) in [6.07, 6.45) is 0.987. The molecule has 3 nitrogen and oxygen atoms in total. The number of hydrogen-bond acceptors (Lipinski definition) is 4. The van der Waals surface area contributed by atoms with Crippen molar-refractivity contribution in [3.05, 3.63) is 15.6 Å². The van der Waals surface area contributed by atoms with Crippen molar-refractivity contribution in [3.63, 3.8) is 0 Å². The van der Waals surface area contributed by atoms with Crippen LogP contribution in [0.2, 0.25) is 0 Å². The second-order valence-electron chi connectivity index (χ2n) is 4.06. The molecular formula is C12H22N2OS. The summed E-state index contributed by atoms with van der Waals surface area (Å²) in [4.78, 5) is 5.96. The van der Waals surface area contributed by atoms with E-state index in [4.69, 9.17) is 4.74 Å². The van der Waals surface area contributed by atoms with Crippen molar-refractivity contribution in [2.75, 3.05) is 20.3 Å². The Hall–Kier alpha value is -0.450. The lowest BCUT2D eigenvalue weighted by Crippen LogP contribution is -2.45. The van der Waals surface area contributed by atoms with E-state index < -0.39 is 0 Å². The predicted molar refractivity (Wildman–Crippen MR) is 69.1 cm³/mol. The minimum absolute atomic E-state index is 0.118. The van der Waals surface area contributed by atoms with E-state index in [1.165, 1.54) is 4.88 Å². The van der Waals surface area contributed by atoms with Gasteiger partial charge in [-0.2, -0.15) is 0 Å². The van der Waals surface area contributed by atoms with Gasteiger partial charge in [0.05, 0.1) is 17.8 Å². The number of hydrogen-bond donors (Lipinski definition) is 1. The number of likely N-dealkylation sites (N-methyl/N-ethyl adjacent to an activating group) is 1. The number of aryl methyl sites for hydroxylation is 2. The smallest absolute Gasteiger partial charge is 0.116 e. The van der Waals surface area contributed by atoms with Crippen molar-refractivity contribution in [2.24, 2.45) is 0 Å². The fourth-order valence-electron chi connectivity index (χ4n) is 1.83. The molecule has 0 amide bonds. The molecule has 0 spiro atoms. The van der Waals surface area contributed by atoms with Gasteiger partial charge in [-0.1, -0.05) is 13.8 Å². The normalized spacial score (nSPS) is 15.1. The number of rotatable bonds is 6. The Morgan fingerprint density at radius 3 is 2.44 bits per heavy atom. The zero-order valence-corrected chi connectivity index (χ0v) is 11.7. The highest BCUT2D eigenvalue weighted by Crippen LogP contribution is 2.30. The van der Waals surface area contributed by atoms with E-state index in [9.17, 15) is 0 Å². The maximum absolute atomic E-state index is 5.36. The molecule has 0 saturated carbocycles. The van der Waals surface area contributed by atoms with Gasteiger partial charge in [-0.3, -0.25) is 0 Å². The fraction of sp³-hybridized carbons (Fsp3) is 0.750. The molecule has 1 heterocycles. The highest BCUT2D eigenvalue weighted by Gasteiger charge is 2.33. The maximum Gasteiger partial charge on any atom is 0.116 e. The van der Waals surface area contributed by atoms with E-state index in [2.05, 4.69) is 38.0 Å². The molecule has 0 fully saturated rings. The number of aromatic nitrogens is 1. The van der Waals surface area contributed by atoms with Crippen LogP contribution >= 0.6 is 11.3 Å². The topological polar surface area (TPSA) is 34.1 Å². The molecule has 16 heavy (non-hydrogen) atoms. The van der Waals surface area contributed by atoms with Crippen LogP contribution in [0.3, 0.4) is 0 Å². The molecule has 92 valence electrons. The molecule has 1 rings (SSSR count). The van der Waals surface area contributed by atoms with Crippen LogP contribution in [0.5, 0.6) is 0 Å². The number of thiazole rings is 1. The molecule has 0 radical (unpaired) electrons. The largest absolute Gasteiger partial charge is 0.382 e. The van der Waals surface area contributed by atoms with E-state index in [1.807, 2.05) is 0 Å². The fourth-order valence-corrected chi connectivity index (χ4v) is 2.97. The van der Waals surface area contributed by atoms with Crippen molar-refractivity contribution in [1.29, 1.82) is 0 Å². The SMILES string of the molecule is CCNC(CC)(COC)c1nc(C)c(C)s1. The molecule has 0 aliphatic carbocycles. The monoisotopic (exact) mass is 242 g/mol. The van der Waals surface area contributed by atoms with E-state index >= 15 is 0 Å². The van der Waals surface area contributed by atoms with Crippen LogP contribution in [0.4, 0.5) is 0 Å². The van der Waals surface area contributed by atoms with Crippen LogP contribution < -0.4 is 5.32 Å². The summed E-state index contributed by atoms with van der Waals surface area (Å²) in [6.45, 7) is 10.1. The molecule has 1 N–H and O–H groups in total. The third-order valence-electron chi connectivity index (χ3n) is 2.95. The Kier molecular flexibility index (Phi) is 4.89. The molecule has 0 saturated heterocycles. The van der Waals surface area contributed by atoms with Gasteiger partial charge in [0, 0.05) is 12.0 Å². The van der Waals surface area contributed by atoms with Crippen LogP contribution in [0.25, 0.3) is 0 Å². The first-order valence-corrected chi connectivity index (χ1v) is 6.59. The molecule has 1 aromatic heterocycles. The Morgan fingerprint density at radius 1 is 1.38 bits per heavy atom. The molecule has 1 unspecified atom stereocenters. The lowest BCUT2D eigenvalue weighted by molar-refractivity contribution is 0.105. The molecule has 1 atom stereocenters. The van der Waals surface area contributed by atoms with Crippen molar-refractivity contribution >= 4 is 11.3 Å². The van der Waals surface area contributed by atoms with Gasteiger partial charge in [0.1, 0.15) is 5.01 Å². The molecule has 0 aromatic carbocycles.